The number of carbonyl (C=O) groups is 1. The van der Waals surface area contributed by atoms with E-state index in [-0.39, 0.29) is 12.3 Å². The molecule has 118 valence electrons. The Kier molecular flexibility index (Phi) is 3.47. The van der Waals surface area contributed by atoms with E-state index < -0.39 is 0 Å². The van der Waals surface area contributed by atoms with Crippen LogP contribution in [-0.4, -0.2) is 30.6 Å². The van der Waals surface area contributed by atoms with Crippen LogP contribution in [0.4, 0.5) is 5.82 Å². The van der Waals surface area contributed by atoms with E-state index in [1.54, 1.807) is 29.4 Å². The lowest BCUT2D eigenvalue weighted by molar-refractivity contribution is -0.115. The molecule has 0 saturated carbocycles. The Hall–Kier alpha value is -3.55. The van der Waals surface area contributed by atoms with E-state index in [0.717, 1.165) is 5.39 Å². The minimum absolute atomic E-state index is 0.0986. The predicted molar refractivity (Wildman–Crippen MR) is 85.5 cm³/mol. The van der Waals surface area contributed by atoms with Gasteiger partial charge in [-0.25, -0.2) is 15.0 Å². The summed E-state index contributed by atoms with van der Waals surface area (Å²) in [6, 6.07) is 9.08. The number of aromatic nitrogens is 5. The Bertz CT molecular complexity index is 993. The molecule has 0 radical (unpaired) electrons. The first kappa shape index (κ1) is 14.1. The van der Waals surface area contributed by atoms with Crippen LogP contribution in [0.15, 0.2) is 59.9 Å². The van der Waals surface area contributed by atoms with Crippen molar-refractivity contribution in [2.24, 2.45) is 0 Å². The molecule has 0 saturated heterocycles. The van der Waals surface area contributed by atoms with Gasteiger partial charge in [0.05, 0.1) is 6.42 Å². The van der Waals surface area contributed by atoms with Crippen molar-refractivity contribution in [3.63, 3.8) is 0 Å². The first-order valence-electron chi connectivity index (χ1n) is 7.23. The average molecular weight is 320 g/mol. The van der Waals surface area contributed by atoms with Gasteiger partial charge in [-0.3, -0.25) is 9.36 Å². The molecule has 1 N–H and O–H groups in total. The molecule has 0 aliphatic heterocycles. The summed E-state index contributed by atoms with van der Waals surface area (Å²) in [6.45, 7) is 0. The zero-order chi connectivity index (χ0) is 16.4. The van der Waals surface area contributed by atoms with Crippen LogP contribution in [0.1, 0.15) is 5.69 Å². The Morgan fingerprint density at radius 3 is 3.04 bits per heavy atom. The maximum absolute atomic E-state index is 12.2. The number of fused-ring (bicyclic) bond motifs is 1. The lowest BCUT2D eigenvalue weighted by atomic mass is 10.1. The Labute approximate surface area is 136 Å². The van der Waals surface area contributed by atoms with E-state index in [1.165, 1.54) is 6.33 Å². The molecule has 3 aromatic heterocycles. The molecule has 4 aromatic rings. The van der Waals surface area contributed by atoms with E-state index in [0.29, 0.717) is 22.9 Å². The second-order valence-electron chi connectivity index (χ2n) is 5.08. The van der Waals surface area contributed by atoms with Crippen LogP contribution in [0.3, 0.4) is 0 Å². The number of nitrogens with one attached hydrogen (secondary N) is 1. The smallest absolute Gasteiger partial charge is 0.231 e. The van der Waals surface area contributed by atoms with Gasteiger partial charge in [-0.15, -0.1) is 0 Å². The third-order valence-electron chi connectivity index (χ3n) is 3.47. The summed E-state index contributed by atoms with van der Waals surface area (Å²) in [7, 11) is 0. The minimum Gasteiger partial charge on any atom is -0.356 e. The lowest BCUT2D eigenvalue weighted by Gasteiger charge is -2.05. The molecule has 0 bridgehead atoms. The molecule has 3 heterocycles. The number of imidazole rings is 1. The molecule has 8 nitrogen and oxygen atoms in total. The summed E-state index contributed by atoms with van der Waals surface area (Å²) < 4.78 is 6.93. The number of amides is 1. The van der Waals surface area contributed by atoms with Crippen LogP contribution in [0.2, 0.25) is 0 Å². The summed E-state index contributed by atoms with van der Waals surface area (Å²) in [5.41, 5.74) is 1.25. The van der Waals surface area contributed by atoms with Crippen molar-refractivity contribution >= 4 is 22.7 Å². The molecule has 0 aliphatic carbocycles. The number of anilines is 1. The van der Waals surface area contributed by atoms with Crippen LogP contribution in [-0.2, 0) is 11.2 Å². The first-order chi connectivity index (χ1) is 11.8. The fourth-order valence-corrected chi connectivity index (χ4v) is 2.36. The van der Waals surface area contributed by atoms with Crippen molar-refractivity contribution in [3.8, 4) is 5.82 Å². The fraction of sp³-hybridized carbons (Fsp3) is 0.0625. The zero-order valence-electron chi connectivity index (χ0n) is 12.5. The Morgan fingerprint density at radius 1 is 1.25 bits per heavy atom. The van der Waals surface area contributed by atoms with Crippen molar-refractivity contribution < 1.29 is 9.32 Å². The quantitative estimate of drug-likeness (QED) is 0.617. The largest absolute Gasteiger partial charge is 0.356 e. The lowest BCUT2D eigenvalue weighted by Crippen LogP contribution is -2.16. The van der Waals surface area contributed by atoms with Gasteiger partial charge in [0.25, 0.3) is 0 Å². The first-order valence-corrected chi connectivity index (χ1v) is 7.23. The second-order valence-corrected chi connectivity index (χ2v) is 5.08. The third-order valence-corrected chi connectivity index (χ3v) is 3.47. The van der Waals surface area contributed by atoms with E-state index >= 15 is 0 Å². The van der Waals surface area contributed by atoms with E-state index in [4.69, 9.17) is 4.52 Å². The maximum atomic E-state index is 12.2. The molecule has 8 heteroatoms. The van der Waals surface area contributed by atoms with E-state index in [2.05, 4.69) is 25.4 Å². The van der Waals surface area contributed by atoms with Crippen LogP contribution in [0, 0.1) is 0 Å². The summed E-state index contributed by atoms with van der Waals surface area (Å²) >= 11 is 0. The molecule has 0 fully saturated rings. The molecule has 0 unspecified atom stereocenters. The highest BCUT2D eigenvalue weighted by Crippen LogP contribution is 2.18. The summed E-state index contributed by atoms with van der Waals surface area (Å²) in [6.07, 6.45) is 6.51. The maximum Gasteiger partial charge on any atom is 0.231 e. The number of rotatable bonds is 4. The van der Waals surface area contributed by atoms with Gasteiger partial charge in [-0.1, -0.05) is 17.3 Å². The second kappa shape index (κ2) is 5.92. The third kappa shape index (κ3) is 2.72. The highest BCUT2D eigenvalue weighted by atomic mass is 16.5. The Morgan fingerprint density at radius 2 is 2.17 bits per heavy atom. The highest BCUT2D eigenvalue weighted by molar-refractivity contribution is 5.94. The standard InChI is InChI=1S/C16H12N6O2/c23-16(7-12-11-3-1-2-4-13(11)24-21-12)20-14-8-15(19-9-18-14)22-6-5-17-10-22/h1-6,8-10H,7H2,(H,18,19,20,23). The molecule has 1 aromatic carbocycles. The van der Waals surface area contributed by atoms with Crippen molar-refractivity contribution in [1.82, 2.24) is 24.7 Å². The van der Waals surface area contributed by atoms with Gasteiger partial charge < -0.3 is 9.84 Å². The monoisotopic (exact) mass is 320 g/mol. The molecule has 0 atom stereocenters. The molecular weight excluding hydrogens is 308 g/mol. The van der Waals surface area contributed by atoms with Crippen molar-refractivity contribution in [1.29, 1.82) is 0 Å². The summed E-state index contributed by atoms with van der Waals surface area (Å²) in [5.74, 6) is 0.792. The fourth-order valence-electron chi connectivity index (χ4n) is 2.36. The van der Waals surface area contributed by atoms with Crippen molar-refractivity contribution in [2.75, 3.05) is 5.32 Å². The van der Waals surface area contributed by atoms with Crippen LogP contribution < -0.4 is 5.32 Å². The van der Waals surface area contributed by atoms with Crippen molar-refractivity contribution in [3.05, 3.63) is 61.1 Å². The van der Waals surface area contributed by atoms with Crippen molar-refractivity contribution in [2.45, 2.75) is 6.42 Å². The van der Waals surface area contributed by atoms with Gasteiger partial charge in [0.2, 0.25) is 5.91 Å². The number of hydrogen-bond acceptors (Lipinski definition) is 6. The zero-order valence-corrected chi connectivity index (χ0v) is 12.5. The van der Waals surface area contributed by atoms with Crippen LogP contribution in [0.25, 0.3) is 16.8 Å². The molecule has 24 heavy (non-hydrogen) atoms. The van der Waals surface area contributed by atoms with Gasteiger partial charge in [-0.05, 0) is 12.1 Å². The predicted octanol–water partition coefficient (Wildman–Crippen LogP) is 1.98. The number of nitrogens with zero attached hydrogens (tertiary/aromatic N) is 5. The van der Waals surface area contributed by atoms with Crippen LogP contribution >= 0.6 is 0 Å². The van der Waals surface area contributed by atoms with Gasteiger partial charge >= 0.3 is 0 Å². The SMILES string of the molecule is O=C(Cc1noc2ccccc12)Nc1cc(-n2ccnc2)ncn1. The van der Waals surface area contributed by atoms with E-state index in [1.807, 2.05) is 24.3 Å². The summed E-state index contributed by atoms with van der Waals surface area (Å²) in [4.78, 5) is 24.4. The number of hydrogen-bond donors (Lipinski definition) is 1. The molecular formula is C16H12N6O2. The number of benzene rings is 1. The summed E-state index contributed by atoms with van der Waals surface area (Å²) in [5, 5.41) is 7.52. The number of para-hydroxylation sites is 1. The van der Waals surface area contributed by atoms with Crippen LogP contribution in [0.5, 0.6) is 0 Å². The molecule has 0 spiro atoms. The molecule has 0 aliphatic rings. The molecule has 1 amide bonds. The highest BCUT2D eigenvalue weighted by Gasteiger charge is 2.13. The van der Waals surface area contributed by atoms with Gasteiger partial charge in [0.15, 0.2) is 5.58 Å². The Balaban J connectivity index is 1.51. The molecule has 4 rings (SSSR count). The number of carbonyl (C=O) groups excluding carboxylic acids is 1. The average Bonchev–Trinajstić information content (AvgIpc) is 3.26. The van der Waals surface area contributed by atoms with Gasteiger partial charge in [0, 0.05) is 23.8 Å². The van der Waals surface area contributed by atoms with Gasteiger partial charge in [0.1, 0.15) is 30.0 Å². The minimum atomic E-state index is -0.232. The topological polar surface area (TPSA) is 98.7 Å². The van der Waals surface area contributed by atoms with Gasteiger partial charge in [-0.2, -0.15) is 0 Å². The van der Waals surface area contributed by atoms with E-state index in [9.17, 15) is 4.79 Å². The normalized spacial score (nSPS) is 10.8.